The Morgan fingerprint density at radius 3 is 2.47 bits per heavy atom. The Labute approximate surface area is 190 Å². The largest absolute Gasteiger partial charge is 0.379 e. The van der Waals surface area contributed by atoms with Crippen molar-refractivity contribution in [1.29, 1.82) is 0 Å². The van der Waals surface area contributed by atoms with Gasteiger partial charge in [0.05, 0.1) is 36.4 Å². The molecule has 1 aliphatic rings. The van der Waals surface area contributed by atoms with Crippen LogP contribution in [0, 0.1) is 13.8 Å². The van der Waals surface area contributed by atoms with Gasteiger partial charge >= 0.3 is 0 Å². The second-order valence-electron chi connectivity index (χ2n) is 8.52. The molecule has 6 heteroatoms. The van der Waals surface area contributed by atoms with Crippen LogP contribution in [-0.4, -0.2) is 64.4 Å². The summed E-state index contributed by atoms with van der Waals surface area (Å²) in [6, 6.07) is 18.4. The van der Waals surface area contributed by atoms with E-state index >= 15 is 0 Å². The van der Waals surface area contributed by atoms with Crippen LogP contribution >= 0.6 is 0 Å². The highest BCUT2D eigenvalue weighted by molar-refractivity contribution is 5.95. The number of morpholine rings is 1. The lowest BCUT2D eigenvalue weighted by molar-refractivity contribution is 0.0228. The fraction of sp³-hybridized carbons (Fsp3) is 0.385. The first-order valence-corrected chi connectivity index (χ1v) is 11.3. The molecule has 1 amide bonds. The number of carbonyl (C=O) groups excluding carboxylic acids is 1. The third kappa shape index (κ3) is 4.92. The molecule has 1 saturated heterocycles. The van der Waals surface area contributed by atoms with E-state index in [4.69, 9.17) is 4.74 Å². The Balaban J connectivity index is 1.61. The first-order chi connectivity index (χ1) is 15.5. The smallest absolute Gasteiger partial charge is 0.257 e. The zero-order chi connectivity index (χ0) is 22.5. The summed E-state index contributed by atoms with van der Waals surface area (Å²) >= 11 is 0. The number of aryl methyl sites for hydroxylation is 1. The van der Waals surface area contributed by atoms with Crippen LogP contribution in [0.3, 0.4) is 0 Å². The molecule has 1 aliphatic heterocycles. The van der Waals surface area contributed by atoms with Crippen molar-refractivity contribution < 1.29 is 9.53 Å². The Hall–Kier alpha value is -2.96. The van der Waals surface area contributed by atoms with Gasteiger partial charge in [-0.05, 0) is 38.0 Å². The third-order valence-corrected chi connectivity index (χ3v) is 6.20. The molecule has 1 aromatic heterocycles. The normalized spacial score (nSPS) is 15.5. The molecule has 1 atom stereocenters. The van der Waals surface area contributed by atoms with Crippen molar-refractivity contribution in [3.05, 3.63) is 83.2 Å². The molecule has 2 aromatic carbocycles. The van der Waals surface area contributed by atoms with Crippen LogP contribution < -0.4 is 0 Å². The first-order valence-electron chi connectivity index (χ1n) is 11.3. The number of para-hydroxylation sites is 1. The van der Waals surface area contributed by atoms with E-state index < -0.39 is 0 Å². The minimum absolute atomic E-state index is 0.0203. The quantitative estimate of drug-likeness (QED) is 0.569. The molecular formula is C26H32N4O2. The molecule has 0 saturated carbocycles. The molecular weight excluding hydrogens is 400 g/mol. The van der Waals surface area contributed by atoms with E-state index in [2.05, 4.69) is 42.0 Å². The fourth-order valence-electron chi connectivity index (χ4n) is 4.28. The van der Waals surface area contributed by atoms with Crippen LogP contribution in [0.15, 0.2) is 60.8 Å². The van der Waals surface area contributed by atoms with E-state index in [0.29, 0.717) is 12.1 Å². The zero-order valence-electron chi connectivity index (χ0n) is 19.2. The SMILES string of the molecule is Cc1ccccc1-n1ncc(C(=O)N(Cc2ccccc2)C(C)CN2CCOCC2)c1C. The summed E-state index contributed by atoms with van der Waals surface area (Å²) in [6.45, 7) is 10.9. The van der Waals surface area contributed by atoms with Crippen molar-refractivity contribution in [2.24, 2.45) is 0 Å². The lowest BCUT2D eigenvalue weighted by Crippen LogP contribution is -2.48. The van der Waals surface area contributed by atoms with Crippen LogP contribution in [0.2, 0.25) is 0 Å². The van der Waals surface area contributed by atoms with Gasteiger partial charge < -0.3 is 9.64 Å². The van der Waals surface area contributed by atoms with Crippen LogP contribution in [0.25, 0.3) is 5.69 Å². The molecule has 1 fully saturated rings. The highest BCUT2D eigenvalue weighted by Gasteiger charge is 2.27. The Bertz CT molecular complexity index is 1040. The highest BCUT2D eigenvalue weighted by Crippen LogP contribution is 2.21. The van der Waals surface area contributed by atoms with Gasteiger partial charge in [-0.15, -0.1) is 0 Å². The van der Waals surface area contributed by atoms with Crippen LogP contribution in [0.5, 0.6) is 0 Å². The summed E-state index contributed by atoms with van der Waals surface area (Å²) in [4.78, 5) is 18.2. The van der Waals surface area contributed by atoms with Crippen molar-refractivity contribution >= 4 is 5.91 Å². The second-order valence-corrected chi connectivity index (χ2v) is 8.52. The maximum atomic E-state index is 13.8. The van der Waals surface area contributed by atoms with Gasteiger partial charge in [0.25, 0.3) is 5.91 Å². The third-order valence-electron chi connectivity index (χ3n) is 6.20. The van der Waals surface area contributed by atoms with E-state index in [9.17, 15) is 4.79 Å². The molecule has 0 spiro atoms. The second kappa shape index (κ2) is 10.1. The van der Waals surface area contributed by atoms with Gasteiger partial charge in [0.15, 0.2) is 0 Å². The number of carbonyl (C=O) groups is 1. The van der Waals surface area contributed by atoms with E-state index in [1.807, 2.05) is 52.9 Å². The van der Waals surface area contributed by atoms with Crippen molar-refractivity contribution in [2.45, 2.75) is 33.4 Å². The number of rotatable bonds is 7. The molecule has 1 unspecified atom stereocenters. The standard InChI is InChI=1S/C26H32N4O2/c1-20-9-7-8-12-25(20)30-22(3)24(17-27-30)26(31)29(19-23-10-5-4-6-11-23)21(2)18-28-13-15-32-16-14-28/h4-12,17,21H,13-16,18-19H2,1-3H3. The number of benzene rings is 2. The maximum Gasteiger partial charge on any atom is 0.257 e. The van der Waals surface area contributed by atoms with Crippen molar-refractivity contribution in [1.82, 2.24) is 19.6 Å². The molecule has 4 rings (SSSR count). The average molecular weight is 433 g/mol. The van der Waals surface area contributed by atoms with Gasteiger partial charge in [0.2, 0.25) is 0 Å². The number of amides is 1. The van der Waals surface area contributed by atoms with Crippen LogP contribution in [-0.2, 0) is 11.3 Å². The van der Waals surface area contributed by atoms with Crippen molar-refractivity contribution in [3.63, 3.8) is 0 Å². The summed E-state index contributed by atoms with van der Waals surface area (Å²) in [7, 11) is 0. The fourth-order valence-corrected chi connectivity index (χ4v) is 4.28. The predicted octanol–water partition coefficient (Wildman–Crippen LogP) is 3.85. The van der Waals surface area contributed by atoms with Crippen molar-refractivity contribution in [2.75, 3.05) is 32.8 Å². The van der Waals surface area contributed by atoms with E-state index in [0.717, 1.165) is 55.4 Å². The molecule has 168 valence electrons. The van der Waals surface area contributed by atoms with Gasteiger partial charge in [0, 0.05) is 32.2 Å². The predicted molar refractivity (Wildman–Crippen MR) is 126 cm³/mol. The number of hydrogen-bond donors (Lipinski definition) is 0. The first kappa shape index (κ1) is 22.2. The summed E-state index contributed by atoms with van der Waals surface area (Å²) in [5.74, 6) is 0.0203. The van der Waals surface area contributed by atoms with Gasteiger partial charge in [-0.25, -0.2) is 4.68 Å². The monoisotopic (exact) mass is 432 g/mol. The maximum absolute atomic E-state index is 13.8. The van der Waals surface area contributed by atoms with Gasteiger partial charge in [0.1, 0.15) is 0 Å². The molecule has 0 N–H and O–H groups in total. The van der Waals surface area contributed by atoms with Crippen LogP contribution in [0.1, 0.15) is 34.1 Å². The highest BCUT2D eigenvalue weighted by atomic mass is 16.5. The number of aromatic nitrogens is 2. The topological polar surface area (TPSA) is 50.6 Å². The van der Waals surface area contributed by atoms with E-state index in [1.165, 1.54) is 0 Å². The number of nitrogens with zero attached hydrogens (tertiary/aromatic N) is 4. The number of ether oxygens (including phenoxy) is 1. The average Bonchev–Trinajstić information content (AvgIpc) is 3.19. The lowest BCUT2D eigenvalue weighted by atomic mass is 10.1. The zero-order valence-corrected chi connectivity index (χ0v) is 19.2. The Kier molecular flexibility index (Phi) is 7.02. The van der Waals surface area contributed by atoms with Gasteiger partial charge in [-0.3, -0.25) is 9.69 Å². The van der Waals surface area contributed by atoms with E-state index in [1.54, 1.807) is 6.20 Å². The Morgan fingerprint density at radius 2 is 1.75 bits per heavy atom. The van der Waals surface area contributed by atoms with Crippen molar-refractivity contribution in [3.8, 4) is 5.69 Å². The molecule has 6 nitrogen and oxygen atoms in total. The van der Waals surface area contributed by atoms with Gasteiger partial charge in [-0.2, -0.15) is 5.10 Å². The Morgan fingerprint density at radius 1 is 1.06 bits per heavy atom. The van der Waals surface area contributed by atoms with Gasteiger partial charge in [-0.1, -0.05) is 48.5 Å². The van der Waals surface area contributed by atoms with E-state index in [-0.39, 0.29) is 11.9 Å². The summed E-state index contributed by atoms with van der Waals surface area (Å²) in [6.07, 6.45) is 1.71. The molecule has 0 radical (unpaired) electrons. The van der Waals surface area contributed by atoms with Crippen LogP contribution in [0.4, 0.5) is 0 Å². The molecule has 3 aromatic rings. The molecule has 0 aliphatic carbocycles. The summed E-state index contributed by atoms with van der Waals surface area (Å²) < 4.78 is 7.36. The minimum atomic E-state index is 0.0203. The molecule has 2 heterocycles. The number of hydrogen-bond acceptors (Lipinski definition) is 4. The lowest BCUT2D eigenvalue weighted by Gasteiger charge is -2.35. The molecule has 0 bridgehead atoms. The molecule has 32 heavy (non-hydrogen) atoms. The summed E-state index contributed by atoms with van der Waals surface area (Å²) in [5.41, 5.74) is 4.76. The summed E-state index contributed by atoms with van der Waals surface area (Å²) in [5, 5.41) is 4.57. The minimum Gasteiger partial charge on any atom is -0.379 e.